The number of benzene rings is 2. The second kappa shape index (κ2) is 16.2. The van der Waals surface area contributed by atoms with E-state index in [1.54, 1.807) is 11.0 Å². The lowest BCUT2D eigenvalue weighted by atomic mass is 9.98. The smallest absolute Gasteiger partial charge is 0.366 e. The molecule has 1 fully saturated rings. The van der Waals surface area contributed by atoms with Crippen molar-refractivity contribution in [1.29, 1.82) is 0 Å². The van der Waals surface area contributed by atoms with Gasteiger partial charge >= 0.3 is 12.0 Å². The molecule has 2 aliphatic rings. The number of morpholine rings is 1. The van der Waals surface area contributed by atoms with Crippen molar-refractivity contribution >= 4 is 23.7 Å². The number of rotatable bonds is 6. The van der Waals surface area contributed by atoms with Gasteiger partial charge in [-0.15, -0.1) is 0 Å². The molecule has 0 saturated carbocycles. The molecule has 3 aromatic rings. The largest absolute Gasteiger partial charge is 0.507 e. The number of imidazole rings is 1. The highest BCUT2D eigenvalue weighted by atomic mass is 16.5. The van der Waals surface area contributed by atoms with Crippen LogP contribution in [0.4, 0.5) is 10.6 Å². The van der Waals surface area contributed by atoms with Crippen molar-refractivity contribution < 1.29 is 29.0 Å². The number of phenols is 1. The van der Waals surface area contributed by atoms with Gasteiger partial charge in [-0.05, 0) is 34.2 Å². The third kappa shape index (κ3) is 8.03. The standard InChI is InChI=1S/C29H35N7O6.2C2H6/c1-17(2)21-11-22(23(37)12-24(21)42-28(39)25-26(30)36(16-32-25)29(40)33(3)31)27(38)35-14-19-5-4-18(10-20(19)15-35)13-34-6-8-41-9-7-34;2*1-2/h4-5,10-12,16-17,37H,6-9,13-15,30-31H2,1-3H3;2*1-2H3. The van der Waals surface area contributed by atoms with Gasteiger partial charge in [0.05, 0.1) is 18.8 Å². The number of nitrogens with two attached hydrogens (primary N) is 2. The lowest BCUT2D eigenvalue weighted by Crippen LogP contribution is -2.37. The van der Waals surface area contributed by atoms with E-state index in [2.05, 4.69) is 28.1 Å². The lowest BCUT2D eigenvalue weighted by molar-refractivity contribution is 0.0342. The van der Waals surface area contributed by atoms with Crippen LogP contribution in [0.3, 0.4) is 0 Å². The van der Waals surface area contributed by atoms with E-state index in [4.69, 9.17) is 21.1 Å². The number of hydrogen-bond acceptors (Lipinski definition) is 10. The predicted molar refractivity (Wildman–Crippen MR) is 175 cm³/mol. The van der Waals surface area contributed by atoms with Crippen molar-refractivity contribution in [2.45, 2.75) is 67.1 Å². The Kier molecular flexibility index (Phi) is 12.7. The molecule has 13 heteroatoms. The Balaban J connectivity index is 0.00000139. The Labute approximate surface area is 270 Å². The molecule has 0 radical (unpaired) electrons. The van der Waals surface area contributed by atoms with Crippen molar-refractivity contribution in [3.8, 4) is 11.5 Å². The fraction of sp³-hybridized carbons (Fsp3) is 0.455. The van der Waals surface area contributed by atoms with Gasteiger partial charge in [-0.1, -0.05) is 59.7 Å². The van der Waals surface area contributed by atoms with E-state index in [1.807, 2.05) is 41.5 Å². The van der Waals surface area contributed by atoms with E-state index in [0.29, 0.717) is 18.7 Å². The van der Waals surface area contributed by atoms with E-state index < -0.39 is 12.0 Å². The number of anilines is 1. The Morgan fingerprint density at radius 3 is 2.33 bits per heavy atom. The Morgan fingerprint density at radius 1 is 1.04 bits per heavy atom. The van der Waals surface area contributed by atoms with Gasteiger partial charge in [-0.3, -0.25) is 14.7 Å². The number of fused-ring (bicyclic) bond motifs is 1. The Bertz CT molecular complexity index is 1530. The van der Waals surface area contributed by atoms with E-state index in [1.165, 1.54) is 18.7 Å². The Hall–Kier alpha value is -4.46. The van der Waals surface area contributed by atoms with Crippen LogP contribution in [-0.4, -0.2) is 80.7 Å². The molecule has 0 unspecified atom stereocenters. The van der Waals surface area contributed by atoms with Gasteiger partial charge in [0.2, 0.25) is 0 Å². The van der Waals surface area contributed by atoms with Crippen LogP contribution in [-0.2, 0) is 24.4 Å². The first kappa shape index (κ1) is 36.0. The average molecular weight is 638 g/mol. The van der Waals surface area contributed by atoms with Crippen LogP contribution in [0.25, 0.3) is 0 Å². The van der Waals surface area contributed by atoms with E-state index in [0.717, 1.165) is 59.9 Å². The molecule has 2 amide bonds. The summed E-state index contributed by atoms with van der Waals surface area (Å²) in [5.74, 6) is 3.53. The first-order chi connectivity index (χ1) is 22.0. The summed E-state index contributed by atoms with van der Waals surface area (Å²) in [6, 6.07) is 8.40. The molecule has 1 aromatic heterocycles. The van der Waals surface area contributed by atoms with Gasteiger partial charge in [-0.25, -0.2) is 25.0 Å². The number of amides is 2. The summed E-state index contributed by atoms with van der Waals surface area (Å²) in [6.07, 6.45) is 1.07. The zero-order chi connectivity index (χ0) is 34.1. The first-order valence-electron chi connectivity index (χ1n) is 15.7. The molecule has 13 nitrogen and oxygen atoms in total. The number of nitrogens with zero attached hydrogens (tertiary/aromatic N) is 5. The number of nitrogen functional groups attached to an aromatic ring is 1. The van der Waals surface area contributed by atoms with Crippen LogP contribution in [0.5, 0.6) is 11.5 Å². The third-order valence-electron chi connectivity index (χ3n) is 7.48. The fourth-order valence-electron chi connectivity index (χ4n) is 5.16. The van der Waals surface area contributed by atoms with Crippen molar-refractivity contribution in [1.82, 2.24) is 24.4 Å². The van der Waals surface area contributed by atoms with Crippen LogP contribution in [0.15, 0.2) is 36.7 Å². The minimum absolute atomic E-state index is 0.0535. The number of phenolic OH excluding ortho intramolecular Hbond substituents is 1. The monoisotopic (exact) mass is 637 g/mol. The number of carbonyl (C=O) groups excluding carboxylic acids is 3. The van der Waals surface area contributed by atoms with E-state index in [-0.39, 0.29) is 40.4 Å². The number of ether oxygens (including phenoxy) is 2. The van der Waals surface area contributed by atoms with Crippen molar-refractivity contribution in [3.63, 3.8) is 0 Å². The zero-order valence-electron chi connectivity index (χ0n) is 27.9. The van der Waals surface area contributed by atoms with Crippen LogP contribution in [0.1, 0.15) is 90.6 Å². The van der Waals surface area contributed by atoms with Crippen LogP contribution in [0.2, 0.25) is 0 Å². The maximum absolute atomic E-state index is 13.6. The molecule has 0 aliphatic carbocycles. The zero-order valence-corrected chi connectivity index (χ0v) is 27.9. The van der Waals surface area contributed by atoms with Gasteiger partial charge in [-0.2, -0.15) is 0 Å². The van der Waals surface area contributed by atoms with E-state index >= 15 is 0 Å². The molecule has 0 bridgehead atoms. The first-order valence-corrected chi connectivity index (χ1v) is 15.7. The number of aromatic hydroxyl groups is 1. The van der Waals surface area contributed by atoms with Crippen molar-refractivity contribution in [2.75, 3.05) is 39.1 Å². The fourth-order valence-corrected chi connectivity index (χ4v) is 5.16. The highest BCUT2D eigenvalue weighted by Gasteiger charge is 2.29. The molecule has 2 aliphatic heterocycles. The van der Waals surface area contributed by atoms with Crippen molar-refractivity contribution in [3.05, 3.63) is 70.2 Å². The number of hydrazine groups is 1. The normalized spacial score (nSPS) is 14.1. The minimum Gasteiger partial charge on any atom is -0.507 e. The summed E-state index contributed by atoms with van der Waals surface area (Å²) >= 11 is 0. The molecule has 46 heavy (non-hydrogen) atoms. The van der Waals surface area contributed by atoms with Crippen LogP contribution in [0, 0.1) is 0 Å². The van der Waals surface area contributed by atoms with E-state index in [9.17, 15) is 19.5 Å². The van der Waals surface area contributed by atoms with Crippen LogP contribution >= 0.6 is 0 Å². The molecule has 2 aromatic carbocycles. The van der Waals surface area contributed by atoms with Gasteiger partial charge in [0.1, 0.15) is 23.6 Å². The number of aromatic nitrogens is 2. The maximum atomic E-state index is 13.6. The number of carbonyl (C=O) groups is 3. The number of hydrogen-bond donors (Lipinski definition) is 3. The third-order valence-corrected chi connectivity index (χ3v) is 7.48. The Morgan fingerprint density at radius 2 is 1.70 bits per heavy atom. The van der Waals surface area contributed by atoms with Crippen molar-refractivity contribution in [2.24, 2.45) is 5.84 Å². The van der Waals surface area contributed by atoms with Gasteiger partial charge in [0.15, 0.2) is 5.69 Å². The summed E-state index contributed by atoms with van der Waals surface area (Å²) in [6.45, 7) is 16.7. The second-order valence-corrected chi connectivity index (χ2v) is 10.8. The topological polar surface area (TPSA) is 169 Å². The van der Waals surface area contributed by atoms with Gasteiger partial charge in [0.25, 0.3) is 5.91 Å². The lowest BCUT2D eigenvalue weighted by Gasteiger charge is -2.26. The summed E-state index contributed by atoms with van der Waals surface area (Å²) in [4.78, 5) is 46.6. The SMILES string of the molecule is CC.CC.CC(C)c1cc(C(=O)N2Cc3ccc(CN4CCOCC4)cc3C2)c(O)cc1OC(=O)c1ncn(C(=O)N(C)N)c1N. The molecule has 0 spiro atoms. The highest BCUT2D eigenvalue weighted by molar-refractivity contribution is 5.99. The van der Waals surface area contributed by atoms with Gasteiger partial charge < -0.3 is 25.2 Å². The molecular weight excluding hydrogens is 590 g/mol. The number of esters is 1. The van der Waals surface area contributed by atoms with Crippen LogP contribution < -0.4 is 16.3 Å². The predicted octanol–water partition coefficient (Wildman–Crippen LogP) is 4.33. The summed E-state index contributed by atoms with van der Waals surface area (Å²) in [5.41, 5.74) is 9.63. The molecular formula is C33H47N7O6. The minimum atomic E-state index is -0.929. The quantitative estimate of drug-likeness (QED) is 0.116. The molecule has 0 atom stereocenters. The average Bonchev–Trinajstić information content (AvgIpc) is 3.66. The summed E-state index contributed by atoms with van der Waals surface area (Å²) in [5, 5.41) is 11.7. The summed E-state index contributed by atoms with van der Waals surface area (Å²) in [7, 11) is 1.32. The molecule has 5 N–H and O–H groups in total. The highest BCUT2D eigenvalue weighted by Crippen LogP contribution is 2.36. The summed E-state index contributed by atoms with van der Waals surface area (Å²) < 4.78 is 11.9. The molecule has 1 saturated heterocycles. The molecule has 250 valence electrons. The maximum Gasteiger partial charge on any atom is 0.366 e. The second-order valence-electron chi connectivity index (χ2n) is 10.8. The van der Waals surface area contributed by atoms with Gasteiger partial charge in [0, 0.05) is 45.8 Å². The molecule has 5 rings (SSSR count). The molecule has 3 heterocycles.